The Morgan fingerprint density at radius 2 is 1.77 bits per heavy atom. The van der Waals surface area contributed by atoms with E-state index in [9.17, 15) is 19.5 Å². The smallest absolute Gasteiger partial charge is 0.251 e. The van der Waals surface area contributed by atoms with E-state index in [1.165, 1.54) is 12.1 Å². The topological polar surface area (TPSA) is 90.0 Å². The summed E-state index contributed by atoms with van der Waals surface area (Å²) in [5.41, 5.74) is 1.48. The Labute approximate surface area is 181 Å². The average Bonchev–Trinajstić information content (AvgIpc) is 3.14. The van der Waals surface area contributed by atoms with Crippen molar-refractivity contribution in [1.29, 1.82) is 0 Å². The van der Waals surface area contributed by atoms with E-state index in [1.807, 2.05) is 35.2 Å². The molecule has 3 amide bonds. The van der Waals surface area contributed by atoms with E-state index in [1.54, 1.807) is 17.0 Å². The summed E-state index contributed by atoms with van der Waals surface area (Å²) >= 11 is 0. The maximum atomic E-state index is 13.0. The SMILES string of the molecule is O=C(NC1CCN(C(=O)C2CC(=O)N(Cc3ccccc3)C2)CC1)c1cccc(O)c1. The van der Waals surface area contributed by atoms with Crippen molar-refractivity contribution in [2.75, 3.05) is 19.6 Å². The van der Waals surface area contributed by atoms with E-state index < -0.39 is 0 Å². The number of piperidine rings is 1. The molecule has 7 heteroatoms. The molecule has 0 saturated carbocycles. The first-order valence-electron chi connectivity index (χ1n) is 10.7. The number of hydrogen-bond donors (Lipinski definition) is 2. The van der Waals surface area contributed by atoms with Crippen LogP contribution in [0.2, 0.25) is 0 Å². The Morgan fingerprint density at radius 3 is 2.48 bits per heavy atom. The normalized spacial score (nSPS) is 19.5. The van der Waals surface area contributed by atoms with Crippen molar-refractivity contribution >= 4 is 17.7 Å². The summed E-state index contributed by atoms with van der Waals surface area (Å²) in [7, 11) is 0. The van der Waals surface area contributed by atoms with Gasteiger partial charge in [-0.15, -0.1) is 0 Å². The molecule has 2 heterocycles. The van der Waals surface area contributed by atoms with Gasteiger partial charge >= 0.3 is 0 Å². The van der Waals surface area contributed by atoms with Crippen LogP contribution in [0.15, 0.2) is 54.6 Å². The Kier molecular flexibility index (Phi) is 6.21. The highest BCUT2D eigenvalue weighted by Crippen LogP contribution is 2.24. The molecule has 2 N–H and O–H groups in total. The molecule has 2 aliphatic heterocycles. The Balaban J connectivity index is 1.26. The fourth-order valence-electron chi connectivity index (χ4n) is 4.31. The van der Waals surface area contributed by atoms with E-state index >= 15 is 0 Å². The molecule has 7 nitrogen and oxygen atoms in total. The van der Waals surface area contributed by atoms with Crippen LogP contribution in [0.25, 0.3) is 0 Å². The first kappa shape index (κ1) is 20.9. The summed E-state index contributed by atoms with van der Waals surface area (Å²) in [6.07, 6.45) is 1.61. The molecule has 162 valence electrons. The number of hydrogen-bond acceptors (Lipinski definition) is 4. The van der Waals surface area contributed by atoms with Gasteiger partial charge in [0, 0.05) is 44.2 Å². The molecule has 0 aliphatic carbocycles. The van der Waals surface area contributed by atoms with Crippen LogP contribution in [0.3, 0.4) is 0 Å². The highest BCUT2D eigenvalue weighted by atomic mass is 16.3. The van der Waals surface area contributed by atoms with Gasteiger partial charge in [-0.2, -0.15) is 0 Å². The van der Waals surface area contributed by atoms with Crippen LogP contribution >= 0.6 is 0 Å². The molecule has 2 aromatic carbocycles. The molecule has 1 atom stereocenters. The molecule has 2 saturated heterocycles. The molecular weight excluding hydrogens is 394 g/mol. The van der Waals surface area contributed by atoms with E-state index in [4.69, 9.17) is 0 Å². The second kappa shape index (κ2) is 9.20. The third-order valence-corrected chi connectivity index (χ3v) is 6.03. The number of phenolic OH excluding ortho intramolecular Hbond substituents is 1. The zero-order chi connectivity index (χ0) is 21.8. The molecule has 0 aromatic heterocycles. The van der Waals surface area contributed by atoms with E-state index in [0.29, 0.717) is 44.6 Å². The lowest BCUT2D eigenvalue weighted by Crippen LogP contribution is -2.48. The summed E-state index contributed by atoms with van der Waals surface area (Å²) in [5.74, 6) is -0.411. The number of carbonyl (C=O) groups excluding carboxylic acids is 3. The first-order chi connectivity index (χ1) is 15.0. The summed E-state index contributed by atoms with van der Waals surface area (Å²) in [4.78, 5) is 41.3. The second-order valence-corrected chi connectivity index (χ2v) is 8.28. The molecule has 4 rings (SSSR count). The predicted molar refractivity (Wildman–Crippen MR) is 115 cm³/mol. The van der Waals surface area contributed by atoms with E-state index in [2.05, 4.69) is 5.32 Å². The van der Waals surface area contributed by atoms with Gasteiger partial charge in [-0.25, -0.2) is 0 Å². The largest absolute Gasteiger partial charge is 0.508 e. The average molecular weight is 421 g/mol. The summed E-state index contributed by atoms with van der Waals surface area (Å²) in [6, 6.07) is 16.0. The number of aromatic hydroxyl groups is 1. The van der Waals surface area contributed by atoms with Crippen molar-refractivity contribution in [3.8, 4) is 5.75 Å². The third-order valence-electron chi connectivity index (χ3n) is 6.03. The Morgan fingerprint density at radius 1 is 1.03 bits per heavy atom. The van der Waals surface area contributed by atoms with Crippen LogP contribution in [0, 0.1) is 5.92 Å². The molecule has 0 spiro atoms. The van der Waals surface area contributed by atoms with Gasteiger partial charge in [0.15, 0.2) is 0 Å². The lowest BCUT2D eigenvalue weighted by molar-refractivity contribution is -0.136. The molecule has 1 unspecified atom stereocenters. The Bertz CT molecular complexity index is 954. The minimum absolute atomic E-state index is 0.0151. The van der Waals surface area contributed by atoms with Gasteiger partial charge < -0.3 is 20.2 Å². The second-order valence-electron chi connectivity index (χ2n) is 8.28. The standard InChI is InChI=1S/C24H27N3O4/c28-21-8-4-7-18(13-21)23(30)25-20-9-11-26(12-10-20)24(31)19-14-22(29)27(16-19)15-17-5-2-1-3-6-17/h1-8,13,19-20,28H,9-12,14-16H2,(H,25,30). The quantitative estimate of drug-likeness (QED) is 0.774. The van der Waals surface area contributed by atoms with Crippen LogP contribution in [0.4, 0.5) is 0 Å². The zero-order valence-electron chi connectivity index (χ0n) is 17.4. The molecule has 2 fully saturated rings. The zero-order valence-corrected chi connectivity index (χ0v) is 17.4. The van der Waals surface area contributed by atoms with E-state index in [0.717, 1.165) is 5.56 Å². The number of amides is 3. The molecule has 2 aliphatic rings. The number of likely N-dealkylation sites (tertiary alicyclic amines) is 2. The van der Waals surface area contributed by atoms with Gasteiger partial charge in [-0.05, 0) is 36.6 Å². The van der Waals surface area contributed by atoms with Gasteiger partial charge in [0.1, 0.15) is 5.75 Å². The minimum atomic E-state index is -0.297. The van der Waals surface area contributed by atoms with Crippen LogP contribution in [0.5, 0.6) is 5.75 Å². The van der Waals surface area contributed by atoms with Crippen LogP contribution < -0.4 is 5.32 Å². The van der Waals surface area contributed by atoms with E-state index in [-0.39, 0.29) is 41.9 Å². The van der Waals surface area contributed by atoms with Crippen LogP contribution in [-0.4, -0.2) is 58.3 Å². The van der Waals surface area contributed by atoms with Crippen LogP contribution in [-0.2, 0) is 16.1 Å². The predicted octanol–water partition coefficient (Wildman–Crippen LogP) is 2.16. The van der Waals surface area contributed by atoms with Gasteiger partial charge in [0.05, 0.1) is 5.92 Å². The fraction of sp³-hybridized carbons (Fsp3) is 0.375. The number of nitrogens with one attached hydrogen (secondary N) is 1. The number of nitrogens with zero attached hydrogens (tertiary/aromatic N) is 2. The third kappa shape index (κ3) is 5.05. The molecular formula is C24H27N3O4. The first-order valence-corrected chi connectivity index (χ1v) is 10.7. The lowest BCUT2D eigenvalue weighted by Gasteiger charge is -2.33. The van der Waals surface area contributed by atoms with Crippen LogP contribution in [0.1, 0.15) is 35.2 Å². The fourth-order valence-corrected chi connectivity index (χ4v) is 4.31. The van der Waals surface area contributed by atoms with Crippen molar-refractivity contribution in [1.82, 2.24) is 15.1 Å². The van der Waals surface area contributed by atoms with Crippen molar-refractivity contribution in [3.05, 3.63) is 65.7 Å². The lowest BCUT2D eigenvalue weighted by atomic mass is 10.0. The summed E-state index contributed by atoms with van der Waals surface area (Å²) in [5, 5.41) is 12.5. The molecule has 31 heavy (non-hydrogen) atoms. The molecule has 2 aromatic rings. The van der Waals surface area contributed by atoms with Crippen molar-refractivity contribution in [2.45, 2.75) is 31.8 Å². The number of benzene rings is 2. The maximum Gasteiger partial charge on any atom is 0.251 e. The number of phenols is 1. The highest BCUT2D eigenvalue weighted by molar-refractivity contribution is 5.94. The summed E-state index contributed by atoms with van der Waals surface area (Å²) in [6.45, 7) is 2.12. The number of carbonyl (C=O) groups is 3. The van der Waals surface area contributed by atoms with Gasteiger partial charge in [0.2, 0.25) is 11.8 Å². The molecule has 0 radical (unpaired) electrons. The Hall–Kier alpha value is -3.35. The maximum absolute atomic E-state index is 13.0. The highest BCUT2D eigenvalue weighted by Gasteiger charge is 2.37. The number of rotatable bonds is 5. The van der Waals surface area contributed by atoms with Gasteiger partial charge in [-0.3, -0.25) is 14.4 Å². The van der Waals surface area contributed by atoms with Gasteiger partial charge in [0.25, 0.3) is 5.91 Å². The van der Waals surface area contributed by atoms with Crippen molar-refractivity contribution < 1.29 is 19.5 Å². The monoisotopic (exact) mass is 421 g/mol. The van der Waals surface area contributed by atoms with Crippen molar-refractivity contribution in [2.24, 2.45) is 5.92 Å². The van der Waals surface area contributed by atoms with Gasteiger partial charge in [-0.1, -0.05) is 36.4 Å². The van der Waals surface area contributed by atoms with Crippen molar-refractivity contribution in [3.63, 3.8) is 0 Å². The minimum Gasteiger partial charge on any atom is -0.508 e. The summed E-state index contributed by atoms with van der Waals surface area (Å²) < 4.78 is 0. The molecule has 0 bridgehead atoms.